The van der Waals surface area contributed by atoms with Gasteiger partial charge in [-0.05, 0) is 34.4 Å². The van der Waals surface area contributed by atoms with Gasteiger partial charge >= 0.3 is 0 Å². The predicted octanol–water partition coefficient (Wildman–Crippen LogP) is 4.03. The van der Waals surface area contributed by atoms with Crippen LogP contribution in [0.25, 0.3) is 0 Å². The standard InChI is InChI=1S/C22H32N4OS.HI/c1-22(2,3)18-10-8-17(9-11-18)12-13-23-21(25-16-20(27)26(4)5)24-15-19-7-6-14-28-19;/h6-11,14H,12-13,15-16H2,1-5H3,(H2,23,24,25);1H. The van der Waals surface area contributed by atoms with E-state index in [4.69, 9.17) is 0 Å². The van der Waals surface area contributed by atoms with Crippen LogP contribution in [0, 0.1) is 0 Å². The van der Waals surface area contributed by atoms with E-state index in [2.05, 4.69) is 72.1 Å². The number of hydrogen-bond donors (Lipinski definition) is 2. The smallest absolute Gasteiger partial charge is 0.243 e. The molecule has 29 heavy (non-hydrogen) atoms. The first-order chi connectivity index (χ1) is 13.3. The number of benzene rings is 1. The molecule has 0 bridgehead atoms. The molecule has 1 aromatic carbocycles. The number of guanidine groups is 1. The number of halogens is 1. The van der Waals surface area contributed by atoms with Crippen LogP contribution in [0.3, 0.4) is 0 Å². The molecule has 0 unspecified atom stereocenters. The Balaban J connectivity index is 0.00000420. The summed E-state index contributed by atoms with van der Waals surface area (Å²) in [5, 5.41) is 8.71. The number of amides is 1. The Morgan fingerprint density at radius 2 is 1.79 bits per heavy atom. The minimum absolute atomic E-state index is 0. The number of nitrogens with zero attached hydrogens (tertiary/aromatic N) is 2. The Hall–Kier alpha value is -1.61. The van der Waals surface area contributed by atoms with Gasteiger partial charge in [0, 0.05) is 25.5 Å². The number of thiophene rings is 1. The van der Waals surface area contributed by atoms with Gasteiger partial charge in [0.05, 0.1) is 6.54 Å². The van der Waals surface area contributed by atoms with Gasteiger partial charge in [-0.2, -0.15) is 0 Å². The van der Waals surface area contributed by atoms with Gasteiger partial charge in [0.2, 0.25) is 5.91 Å². The molecule has 0 fully saturated rings. The van der Waals surface area contributed by atoms with Crippen molar-refractivity contribution in [3.05, 3.63) is 57.8 Å². The first kappa shape index (κ1) is 25.4. The van der Waals surface area contributed by atoms with E-state index in [0.717, 1.165) is 13.0 Å². The SMILES string of the molecule is CN(C)C(=O)CN=C(NCCc1ccc(C(C)(C)C)cc1)NCc1cccs1.I. The zero-order valence-electron chi connectivity index (χ0n) is 18.0. The van der Waals surface area contributed by atoms with Crippen molar-refractivity contribution >= 4 is 47.2 Å². The van der Waals surface area contributed by atoms with Crippen molar-refractivity contribution in [3.63, 3.8) is 0 Å². The van der Waals surface area contributed by atoms with Crippen molar-refractivity contribution in [2.24, 2.45) is 4.99 Å². The zero-order chi connectivity index (χ0) is 20.6. The van der Waals surface area contributed by atoms with Crippen molar-refractivity contribution in [1.29, 1.82) is 0 Å². The fraction of sp³-hybridized carbons (Fsp3) is 0.455. The minimum Gasteiger partial charge on any atom is -0.356 e. The summed E-state index contributed by atoms with van der Waals surface area (Å²) in [7, 11) is 3.48. The number of carbonyl (C=O) groups excluding carboxylic acids is 1. The lowest BCUT2D eigenvalue weighted by Crippen LogP contribution is -2.39. The van der Waals surface area contributed by atoms with Crippen molar-refractivity contribution in [2.45, 2.75) is 39.2 Å². The largest absolute Gasteiger partial charge is 0.356 e. The summed E-state index contributed by atoms with van der Waals surface area (Å²) in [6.45, 7) is 8.25. The topological polar surface area (TPSA) is 56.7 Å². The van der Waals surface area contributed by atoms with Crippen LogP contribution in [0.2, 0.25) is 0 Å². The van der Waals surface area contributed by atoms with Gasteiger partial charge in [0.1, 0.15) is 6.54 Å². The fourth-order valence-corrected chi connectivity index (χ4v) is 3.19. The molecule has 5 nitrogen and oxygen atoms in total. The Morgan fingerprint density at radius 1 is 1.10 bits per heavy atom. The highest BCUT2D eigenvalue weighted by Crippen LogP contribution is 2.22. The molecular weight excluding hydrogens is 495 g/mol. The highest BCUT2D eigenvalue weighted by molar-refractivity contribution is 14.0. The van der Waals surface area contributed by atoms with Crippen molar-refractivity contribution < 1.29 is 4.79 Å². The second-order valence-electron chi connectivity index (χ2n) is 8.01. The van der Waals surface area contributed by atoms with Gasteiger partial charge in [-0.3, -0.25) is 4.79 Å². The molecule has 1 heterocycles. The molecule has 0 aliphatic rings. The van der Waals surface area contributed by atoms with E-state index in [1.54, 1.807) is 30.3 Å². The van der Waals surface area contributed by atoms with Crippen LogP contribution < -0.4 is 10.6 Å². The van der Waals surface area contributed by atoms with Crippen LogP contribution in [-0.4, -0.2) is 44.0 Å². The summed E-state index contributed by atoms with van der Waals surface area (Å²) in [6, 6.07) is 12.9. The van der Waals surface area contributed by atoms with Gasteiger partial charge in [0.15, 0.2) is 5.96 Å². The second-order valence-corrected chi connectivity index (χ2v) is 9.04. The number of nitrogens with one attached hydrogen (secondary N) is 2. The Bertz CT molecular complexity index is 765. The van der Waals surface area contributed by atoms with Gasteiger partial charge in [-0.1, -0.05) is 51.1 Å². The monoisotopic (exact) mass is 528 g/mol. The summed E-state index contributed by atoms with van der Waals surface area (Å²) in [6.07, 6.45) is 0.895. The summed E-state index contributed by atoms with van der Waals surface area (Å²) < 4.78 is 0. The first-order valence-corrected chi connectivity index (χ1v) is 10.5. The molecule has 1 aromatic heterocycles. The number of likely N-dealkylation sites (N-methyl/N-ethyl adjacent to an activating group) is 1. The second kappa shape index (κ2) is 12.2. The molecule has 0 atom stereocenters. The van der Waals surface area contributed by atoms with E-state index < -0.39 is 0 Å². The maximum atomic E-state index is 11.9. The summed E-state index contributed by atoms with van der Waals surface area (Å²) in [4.78, 5) is 19.1. The highest BCUT2D eigenvalue weighted by atomic mass is 127. The molecule has 160 valence electrons. The third-order valence-corrected chi connectivity index (χ3v) is 5.28. The molecule has 1 amide bonds. The Labute approximate surface area is 196 Å². The fourth-order valence-electron chi connectivity index (χ4n) is 2.54. The lowest BCUT2D eigenvalue weighted by molar-refractivity contribution is -0.127. The Kier molecular flexibility index (Phi) is 10.7. The lowest BCUT2D eigenvalue weighted by Gasteiger charge is -2.19. The van der Waals surface area contributed by atoms with Gasteiger partial charge in [0.25, 0.3) is 0 Å². The summed E-state index contributed by atoms with van der Waals surface area (Å²) >= 11 is 1.70. The van der Waals surface area contributed by atoms with Crippen molar-refractivity contribution in [3.8, 4) is 0 Å². The van der Waals surface area contributed by atoms with E-state index in [-0.39, 0.29) is 41.8 Å². The third-order valence-electron chi connectivity index (χ3n) is 4.41. The number of carbonyl (C=O) groups is 1. The highest BCUT2D eigenvalue weighted by Gasteiger charge is 2.12. The van der Waals surface area contributed by atoms with Gasteiger partial charge < -0.3 is 15.5 Å². The number of aliphatic imine (C=N–C) groups is 1. The van der Waals surface area contributed by atoms with Crippen LogP contribution in [0.5, 0.6) is 0 Å². The van der Waals surface area contributed by atoms with E-state index in [9.17, 15) is 4.79 Å². The normalized spacial score (nSPS) is 11.6. The molecule has 0 aliphatic carbocycles. The van der Waals surface area contributed by atoms with E-state index in [1.165, 1.54) is 16.0 Å². The molecular formula is C22H33IN4OS. The maximum absolute atomic E-state index is 11.9. The zero-order valence-corrected chi connectivity index (χ0v) is 21.1. The van der Waals surface area contributed by atoms with E-state index >= 15 is 0 Å². The maximum Gasteiger partial charge on any atom is 0.243 e. The molecule has 7 heteroatoms. The quantitative estimate of drug-likeness (QED) is 0.324. The lowest BCUT2D eigenvalue weighted by atomic mass is 9.86. The predicted molar refractivity (Wildman–Crippen MR) is 134 cm³/mol. The van der Waals surface area contributed by atoms with Crippen LogP contribution in [-0.2, 0) is 23.2 Å². The molecule has 0 saturated carbocycles. The molecule has 2 rings (SSSR count). The van der Waals surface area contributed by atoms with E-state index in [0.29, 0.717) is 12.5 Å². The molecule has 0 aliphatic heterocycles. The van der Waals surface area contributed by atoms with Gasteiger partial charge in [-0.25, -0.2) is 4.99 Å². The Morgan fingerprint density at radius 3 is 2.34 bits per heavy atom. The van der Waals surface area contributed by atoms with Crippen LogP contribution >= 0.6 is 35.3 Å². The third kappa shape index (κ3) is 9.16. The molecule has 2 N–H and O–H groups in total. The summed E-state index contributed by atoms with van der Waals surface area (Å²) in [5.74, 6) is 0.643. The van der Waals surface area contributed by atoms with Crippen molar-refractivity contribution in [2.75, 3.05) is 27.2 Å². The molecule has 0 spiro atoms. The minimum atomic E-state index is -0.0185. The molecule has 2 aromatic rings. The number of hydrogen-bond acceptors (Lipinski definition) is 3. The van der Waals surface area contributed by atoms with Crippen LogP contribution in [0.4, 0.5) is 0 Å². The van der Waals surface area contributed by atoms with Crippen LogP contribution in [0.1, 0.15) is 36.8 Å². The number of rotatable bonds is 7. The van der Waals surface area contributed by atoms with Crippen molar-refractivity contribution in [1.82, 2.24) is 15.5 Å². The summed E-state index contributed by atoms with van der Waals surface area (Å²) in [5.41, 5.74) is 2.79. The molecule has 0 saturated heterocycles. The van der Waals surface area contributed by atoms with Crippen LogP contribution in [0.15, 0.2) is 46.8 Å². The molecule has 0 radical (unpaired) electrons. The van der Waals surface area contributed by atoms with E-state index in [1.807, 2.05) is 6.07 Å². The first-order valence-electron chi connectivity index (χ1n) is 9.60. The van der Waals surface area contributed by atoms with Gasteiger partial charge in [-0.15, -0.1) is 35.3 Å². The average molecular weight is 529 g/mol. The average Bonchev–Trinajstić information content (AvgIpc) is 3.16.